The van der Waals surface area contributed by atoms with Gasteiger partial charge in [-0.2, -0.15) is 0 Å². The normalized spacial score (nSPS) is 10.8. The number of para-hydroxylation sites is 2. The molecule has 0 radical (unpaired) electrons. The number of ether oxygens (including phenoxy) is 1. The first-order valence-corrected chi connectivity index (χ1v) is 8.51. The fraction of sp³-hybridized carbons (Fsp3) is 0.211. The number of unbranched alkanes of at least 4 members (excludes halogenated alkanes) is 1. The van der Waals surface area contributed by atoms with Crippen LogP contribution in [-0.4, -0.2) is 12.5 Å². The van der Waals surface area contributed by atoms with Crippen molar-refractivity contribution >= 4 is 40.9 Å². The van der Waals surface area contributed by atoms with Crippen LogP contribution in [0.1, 0.15) is 25.3 Å². The average Bonchev–Trinajstić information content (AvgIpc) is 2.58. The molecule has 0 fully saturated rings. The summed E-state index contributed by atoms with van der Waals surface area (Å²) >= 11 is 11.8. The summed E-state index contributed by atoms with van der Waals surface area (Å²) in [5.41, 5.74) is 1.45. The highest BCUT2D eigenvalue weighted by Gasteiger charge is 2.05. The Morgan fingerprint density at radius 3 is 2.71 bits per heavy atom. The molecule has 3 nitrogen and oxygen atoms in total. The van der Waals surface area contributed by atoms with Crippen molar-refractivity contribution in [1.29, 1.82) is 0 Å². The molecular weight excluding hydrogens is 345 g/mol. The quantitative estimate of drug-likeness (QED) is 0.496. The Morgan fingerprint density at radius 1 is 1.17 bits per heavy atom. The van der Waals surface area contributed by atoms with E-state index < -0.39 is 0 Å². The van der Waals surface area contributed by atoms with Crippen molar-refractivity contribution in [3.63, 3.8) is 0 Å². The lowest BCUT2D eigenvalue weighted by Gasteiger charge is -2.11. The number of hydrogen-bond acceptors (Lipinski definition) is 2. The topological polar surface area (TPSA) is 38.3 Å². The molecule has 5 heteroatoms. The molecule has 126 valence electrons. The summed E-state index contributed by atoms with van der Waals surface area (Å²) in [5, 5.41) is 3.76. The van der Waals surface area contributed by atoms with Gasteiger partial charge in [-0.3, -0.25) is 4.79 Å². The number of nitrogens with one attached hydrogen (secondary N) is 1. The lowest BCUT2D eigenvalue weighted by Crippen LogP contribution is -2.09. The third-order valence-corrected chi connectivity index (χ3v) is 4.01. The van der Waals surface area contributed by atoms with Crippen LogP contribution in [0, 0.1) is 0 Å². The molecule has 2 rings (SSSR count). The lowest BCUT2D eigenvalue weighted by molar-refractivity contribution is -0.111. The zero-order chi connectivity index (χ0) is 17.4. The molecule has 2 aromatic rings. The number of carbonyl (C=O) groups is 1. The van der Waals surface area contributed by atoms with Crippen molar-refractivity contribution in [3.8, 4) is 5.75 Å². The highest BCUT2D eigenvalue weighted by Crippen LogP contribution is 2.25. The second kappa shape index (κ2) is 9.36. The first kappa shape index (κ1) is 18.4. The molecule has 0 saturated heterocycles. The average molecular weight is 364 g/mol. The summed E-state index contributed by atoms with van der Waals surface area (Å²) in [6, 6.07) is 12.6. The lowest BCUT2D eigenvalue weighted by atomic mass is 10.2. The van der Waals surface area contributed by atoms with Gasteiger partial charge < -0.3 is 10.1 Å². The fourth-order valence-corrected chi connectivity index (χ4v) is 2.29. The van der Waals surface area contributed by atoms with Gasteiger partial charge in [0.05, 0.1) is 22.3 Å². The van der Waals surface area contributed by atoms with Gasteiger partial charge in [0.1, 0.15) is 5.75 Å². The van der Waals surface area contributed by atoms with Crippen molar-refractivity contribution in [2.24, 2.45) is 0 Å². The van der Waals surface area contributed by atoms with Gasteiger partial charge in [0.25, 0.3) is 0 Å². The van der Waals surface area contributed by atoms with Crippen molar-refractivity contribution in [3.05, 3.63) is 64.1 Å². The summed E-state index contributed by atoms with van der Waals surface area (Å²) in [6.07, 6.45) is 5.15. The fourth-order valence-electron chi connectivity index (χ4n) is 1.98. The predicted octanol–water partition coefficient (Wildman–Crippen LogP) is 5.82. The second-order valence-electron chi connectivity index (χ2n) is 5.19. The third kappa shape index (κ3) is 5.59. The van der Waals surface area contributed by atoms with E-state index in [1.165, 1.54) is 6.08 Å². The highest BCUT2D eigenvalue weighted by molar-refractivity contribution is 6.42. The minimum Gasteiger partial charge on any atom is -0.491 e. The Labute approximate surface area is 152 Å². The van der Waals surface area contributed by atoms with Gasteiger partial charge in [-0.1, -0.05) is 54.7 Å². The van der Waals surface area contributed by atoms with Gasteiger partial charge in [0.15, 0.2) is 0 Å². The molecule has 2 aromatic carbocycles. The molecule has 0 heterocycles. The van der Waals surface area contributed by atoms with E-state index in [-0.39, 0.29) is 5.91 Å². The molecular formula is C19H19Cl2NO2. The number of benzene rings is 2. The van der Waals surface area contributed by atoms with Gasteiger partial charge in [0.2, 0.25) is 5.91 Å². The summed E-state index contributed by atoms with van der Waals surface area (Å²) in [4.78, 5) is 12.1. The number of hydrogen-bond donors (Lipinski definition) is 1. The Hall–Kier alpha value is -1.97. The van der Waals surface area contributed by atoms with Crippen LogP contribution >= 0.6 is 23.2 Å². The molecule has 0 aliphatic rings. The molecule has 0 atom stereocenters. The van der Waals surface area contributed by atoms with E-state index in [1.54, 1.807) is 24.3 Å². The van der Waals surface area contributed by atoms with E-state index >= 15 is 0 Å². The molecule has 1 amide bonds. The van der Waals surface area contributed by atoms with Gasteiger partial charge in [-0.15, -0.1) is 0 Å². The van der Waals surface area contributed by atoms with E-state index in [1.807, 2.05) is 24.3 Å². The van der Waals surface area contributed by atoms with Crippen LogP contribution in [0.4, 0.5) is 5.69 Å². The largest absolute Gasteiger partial charge is 0.491 e. The van der Waals surface area contributed by atoms with Gasteiger partial charge >= 0.3 is 0 Å². The maximum absolute atomic E-state index is 12.1. The van der Waals surface area contributed by atoms with Gasteiger partial charge in [-0.05, 0) is 42.3 Å². The number of carbonyl (C=O) groups excluding carboxylic acids is 1. The predicted molar refractivity (Wildman–Crippen MR) is 101 cm³/mol. The van der Waals surface area contributed by atoms with Gasteiger partial charge in [-0.25, -0.2) is 0 Å². The van der Waals surface area contributed by atoms with Gasteiger partial charge in [0, 0.05) is 6.08 Å². The number of amides is 1. The third-order valence-electron chi connectivity index (χ3n) is 3.27. The number of anilines is 1. The van der Waals surface area contributed by atoms with Crippen LogP contribution in [0.25, 0.3) is 6.08 Å². The molecule has 1 N–H and O–H groups in total. The maximum Gasteiger partial charge on any atom is 0.248 e. The van der Waals surface area contributed by atoms with Crippen LogP contribution in [0.2, 0.25) is 10.0 Å². The van der Waals surface area contributed by atoms with Crippen LogP contribution in [-0.2, 0) is 4.79 Å². The zero-order valence-corrected chi connectivity index (χ0v) is 14.9. The van der Waals surface area contributed by atoms with E-state index in [0.717, 1.165) is 18.4 Å². The minimum atomic E-state index is -0.243. The summed E-state index contributed by atoms with van der Waals surface area (Å²) in [7, 11) is 0. The van der Waals surface area contributed by atoms with E-state index in [4.69, 9.17) is 27.9 Å². The Morgan fingerprint density at radius 2 is 1.96 bits per heavy atom. The van der Waals surface area contributed by atoms with E-state index in [2.05, 4.69) is 12.2 Å². The maximum atomic E-state index is 12.1. The molecule has 0 bridgehead atoms. The standard InChI is InChI=1S/C19H19Cl2NO2/c1-2-3-12-24-18-7-5-4-6-17(18)22-19(23)11-9-14-8-10-15(20)16(21)13-14/h4-11,13H,2-3,12H2,1H3,(H,22,23)/b11-9+. The number of rotatable bonds is 7. The smallest absolute Gasteiger partial charge is 0.248 e. The summed E-state index contributed by atoms with van der Waals surface area (Å²) < 4.78 is 5.70. The van der Waals surface area contributed by atoms with Crippen molar-refractivity contribution < 1.29 is 9.53 Å². The monoisotopic (exact) mass is 363 g/mol. The summed E-state index contributed by atoms with van der Waals surface area (Å²) in [6.45, 7) is 2.73. The van der Waals surface area contributed by atoms with Crippen LogP contribution in [0.3, 0.4) is 0 Å². The Bertz CT molecular complexity index is 729. The Balaban J connectivity index is 2.01. The van der Waals surface area contributed by atoms with Crippen LogP contribution < -0.4 is 10.1 Å². The van der Waals surface area contributed by atoms with Crippen molar-refractivity contribution in [2.75, 3.05) is 11.9 Å². The minimum absolute atomic E-state index is 0.243. The first-order chi connectivity index (χ1) is 11.6. The SMILES string of the molecule is CCCCOc1ccccc1NC(=O)/C=C/c1ccc(Cl)c(Cl)c1. The van der Waals surface area contributed by atoms with Crippen LogP contribution in [0.15, 0.2) is 48.5 Å². The molecule has 0 aliphatic carbocycles. The van der Waals surface area contributed by atoms with E-state index in [9.17, 15) is 4.79 Å². The van der Waals surface area contributed by atoms with Crippen LogP contribution in [0.5, 0.6) is 5.75 Å². The molecule has 24 heavy (non-hydrogen) atoms. The molecule has 0 unspecified atom stereocenters. The second-order valence-corrected chi connectivity index (χ2v) is 6.01. The zero-order valence-electron chi connectivity index (χ0n) is 13.4. The molecule has 0 aromatic heterocycles. The molecule has 0 aliphatic heterocycles. The molecule has 0 spiro atoms. The first-order valence-electron chi connectivity index (χ1n) is 7.76. The van der Waals surface area contributed by atoms with Crippen molar-refractivity contribution in [1.82, 2.24) is 0 Å². The molecule has 0 saturated carbocycles. The van der Waals surface area contributed by atoms with Crippen molar-refractivity contribution in [2.45, 2.75) is 19.8 Å². The van der Waals surface area contributed by atoms with E-state index in [0.29, 0.717) is 28.1 Å². The summed E-state index contributed by atoms with van der Waals surface area (Å²) in [5.74, 6) is 0.426. The Kier molecular flexibility index (Phi) is 7.16. The number of halogens is 2. The highest BCUT2D eigenvalue weighted by atomic mass is 35.5.